The Hall–Kier alpha value is -2.16. The third-order valence-electron chi connectivity index (χ3n) is 2.77. The predicted molar refractivity (Wildman–Crippen MR) is 70.8 cm³/mol. The van der Waals surface area contributed by atoms with Gasteiger partial charge in [-0.3, -0.25) is 5.41 Å². The molecule has 0 saturated heterocycles. The molecule has 0 aliphatic heterocycles. The minimum absolute atomic E-state index is 0.0237. The zero-order valence-corrected chi connectivity index (χ0v) is 9.86. The highest BCUT2D eigenvalue weighted by Gasteiger charge is 2.17. The number of nitrogens with one attached hydrogen (secondary N) is 1. The molecule has 18 heavy (non-hydrogen) atoms. The Morgan fingerprint density at radius 1 is 1.00 bits per heavy atom. The Kier molecular flexibility index (Phi) is 3.72. The Morgan fingerprint density at radius 3 is 2.22 bits per heavy atom. The molecule has 0 bridgehead atoms. The van der Waals surface area contributed by atoms with Crippen molar-refractivity contribution in [2.24, 2.45) is 5.73 Å². The van der Waals surface area contributed by atoms with Gasteiger partial charge in [0, 0.05) is 0 Å². The van der Waals surface area contributed by atoms with Crippen LogP contribution in [0, 0.1) is 17.1 Å². The van der Waals surface area contributed by atoms with Gasteiger partial charge < -0.3 is 5.73 Å². The molecule has 0 aromatic heterocycles. The van der Waals surface area contributed by atoms with Crippen LogP contribution in [0.2, 0.25) is 0 Å². The number of hydrogen-bond acceptors (Lipinski definition) is 1. The van der Waals surface area contributed by atoms with Crippen molar-refractivity contribution in [3.05, 3.63) is 77.5 Å². The van der Waals surface area contributed by atoms with Crippen LogP contribution < -0.4 is 5.73 Å². The molecule has 0 atom stereocenters. The van der Waals surface area contributed by atoms with E-state index in [-0.39, 0.29) is 11.7 Å². The maximum atomic E-state index is 13.6. The molecule has 3 heteroatoms. The van der Waals surface area contributed by atoms with E-state index in [2.05, 4.69) is 0 Å². The second kappa shape index (κ2) is 5.45. The second-order valence-electron chi connectivity index (χ2n) is 4.03. The molecule has 0 spiro atoms. The molecular formula is C15H14FN2. The van der Waals surface area contributed by atoms with Gasteiger partial charge in [0.25, 0.3) is 0 Å². The Balaban J connectivity index is 2.28. The van der Waals surface area contributed by atoms with E-state index in [1.54, 1.807) is 18.2 Å². The summed E-state index contributed by atoms with van der Waals surface area (Å²) in [5.41, 5.74) is 6.99. The van der Waals surface area contributed by atoms with Gasteiger partial charge in [0.2, 0.25) is 0 Å². The predicted octanol–water partition coefficient (Wildman–Crippen LogP) is 2.93. The molecule has 3 N–H and O–H groups in total. The largest absolute Gasteiger partial charge is 0.387 e. The number of hydrogen-bond donors (Lipinski definition) is 2. The van der Waals surface area contributed by atoms with Crippen molar-refractivity contribution in [1.82, 2.24) is 0 Å². The van der Waals surface area contributed by atoms with Gasteiger partial charge in [0.1, 0.15) is 11.7 Å². The first kappa shape index (κ1) is 12.3. The fraction of sp³-hybridized carbons (Fsp3) is 0.0667. The SMILES string of the molecule is N=C(N)[C](Cc1ccccc1F)c1ccccc1. The maximum Gasteiger partial charge on any atom is 0.126 e. The van der Waals surface area contributed by atoms with Gasteiger partial charge in [-0.1, -0.05) is 48.5 Å². The third kappa shape index (κ3) is 2.74. The summed E-state index contributed by atoms with van der Waals surface area (Å²) in [6.07, 6.45) is 0.325. The topological polar surface area (TPSA) is 49.9 Å². The molecule has 0 amide bonds. The minimum Gasteiger partial charge on any atom is -0.387 e. The maximum absolute atomic E-state index is 13.6. The summed E-state index contributed by atoms with van der Waals surface area (Å²) in [5.74, 6) is 0.345. The van der Waals surface area contributed by atoms with Gasteiger partial charge in [-0.25, -0.2) is 4.39 Å². The van der Waals surface area contributed by atoms with Gasteiger partial charge in [0.05, 0.1) is 5.92 Å². The summed E-state index contributed by atoms with van der Waals surface area (Å²) in [4.78, 5) is 0. The third-order valence-corrected chi connectivity index (χ3v) is 2.77. The van der Waals surface area contributed by atoms with E-state index < -0.39 is 0 Å². The molecular weight excluding hydrogens is 227 g/mol. The molecule has 0 unspecified atom stereocenters. The molecule has 2 nitrogen and oxygen atoms in total. The quantitative estimate of drug-likeness (QED) is 0.627. The van der Waals surface area contributed by atoms with Crippen molar-refractivity contribution in [2.45, 2.75) is 6.42 Å². The first-order valence-corrected chi connectivity index (χ1v) is 5.67. The summed E-state index contributed by atoms with van der Waals surface area (Å²) in [6.45, 7) is 0. The van der Waals surface area contributed by atoms with E-state index in [0.29, 0.717) is 17.9 Å². The lowest BCUT2D eigenvalue weighted by atomic mass is 9.91. The molecule has 2 aromatic carbocycles. The van der Waals surface area contributed by atoms with Crippen molar-refractivity contribution in [2.75, 3.05) is 0 Å². The van der Waals surface area contributed by atoms with Crippen LogP contribution >= 0.6 is 0 Å². The van der Waals surface area contributed by atoms with E-state index >= 15 is 0 Å². The summed E-state index contributed by atoms with van der Waals surface area (Å²) in [6, 6.07) is 15.9. The molecule has 0 saturated carbocycles. The Morgan fingerprint density at radius 2 is 1.61 bits per heavy atom. The fourth-order valence-electron chi connectivity index (χ4n) is 1.82. The van der Waals surface area contributed by atoms with Crippen LogP contribution in [-0.2, 0) is 6.42 Å². The van der Waals surface area contributed by atoms with Crippen molar-refractivity contribution in [1.29, 1.82) is 5.41 Å². The zero-order chi connectivity index (χ0) is 13.0. The van der Waals surface area contributed by atoms with Gasteiger partial charge in [-0.15, -0.1) is 0 Å². The highest BCUT2D eigenvalue weighted by atomic mass is 19.1. The molecule has 0 fully saturated rings. The second-order valence-corrected chi connectivity index (χ2v) is 4.03. The number of halogens is 1. The summed E-state index contributed by atoms with van der Waals surface area (Å²) >= 11 is 0. The van der Waals surface area contributed by atoms with Crippen LogP contribution in [0.15, 0.2) is 54.6 Å². The van der Waals surface area contributed by atoms with Crippen LogP contribution in [0.5, 0.6) is 0 Å². The van der Waals surface area contributed by atoms with E-state index in [4.69, 9.17) is 11.1 Å². The summed E-state index contributed by atoms with van der Waals surface area (Å²) in [7, 11) is 0. The normalized spacial score (nSPS) is 10.6. The van der Waals surface area contributed by atoms with Crippen LogP contribution in [0.1, 0.15) is 11.1 Å². The molecule has 0 aliphatic carbocycles. The molecule has 1 radical (unpaired) electrons. The Bertz CT molecular complexity index is 537. The van der Waals surface area contributed by atoms with Crippen LogP contribution in [-0.4, -0.2) is 5.84 Å². The van der Waals surface area contributed by atoms with E-state index in [0.717, 1.165) is 5.56 Å². The van der Waals surface area contributed by atoms with Crippen LogP contribution in [0.4, 0.5) is 4.39 Å². The highest BCUT2D eigenvalue weighted by molar-refractivity contribution is 5.95. The standard InChI is InChI=1S/C15H14FN2/c16-14-9-5-4-8-12(14)10-13(15(17)18)11-6-2-1-3-7-11/h1-9H,10H2,(H3,17,18). The number of amidine groups is 1. The fourth-order valence-corrected chi connectivity index (χ4v) is 1.82. The van der Waals surface area contributed by atoms with Gasteiger partial charge in [-0.05, 0) is 23.6 Å². The first-order valence-electron chi connectivity index (χ1n) is 5.67. The molecule has 0 aliphatic rings. The van der Waals surface area contributed by atoms with Crippen LogP contribution in [0.25, 0.3) is 0 Å². The Labute approximate surface area is 106 Å². The summed E-state index contributed by atoms with van der Waals surface area (Å²) in [5, 5.41) is 7.63. The molecule has 91 valence electrons. The van der Waals surface area contributed by atoms with E-state index in [1.807, 2.05) is 30.3 Å². The molecule has 0 heterocycles. The van der Waals surface area contributed by atoms with Gasteiger partial charge in [0.15, 0.2) is 0 Å². The van der Waals surface area contributed by atoms with Gasteiger partial charge >= 0.3 is 0 Å². The average molecular weight is 241 g/mol. The highest BCUT2D eigenvalue weighted by Crippen LogP contribution is 2.21. The van der Waals surface area contributed by atoms with E-state index in [9.17, 15) is 4.39 Å². The van der Waals surface area contributed by atoms with Crippen molar-refractivity contribution in [3.63, 3.8) is 0 Å². The number of benzene rings is 2. The van der Waals surface area contributed by atoms with Gasteiger partial charge in [-0.2, -0.15) is 0 Å². The number of rotatable bonds is 4. The summed E-state index contributed by atoms with van der Waals surface area (Å²) < 4.78 is 13.6. The lowest BCUT2D eigenvalue weighted by molar-refractivity contribution is 0.612. The van der Waals surface area contributed by atoms with E-state index in [1.165, 1.54) is 6.07 Å². The first-order chi connectivity index (χ1) is 8.68. The van der Waals surface area contributed by atoms with Crippen molar-refractivity contribution in [3.8, 4) is 0 Å². The monoisotopic (exact) mass is 241 g/mol. The number of nitrogens with two attached hydrogens (primary N) is 1. The lowest BCUT2D eigenvalue weighted by Gasteiger charge is -2.15. The zero-order valence-electron chi connectivity index (χ0n) is 9.86. The van der Waals surface area contributed by atoms with Crippen molar-refractivity contribution < 1.29 is 4.39 Å². The molecule has 2 aromatic rings. The average Bonchev–Trinajstić information content (AvgIpc) is 2.38. The minimum atomic E-state index is -0.271. The molecule has 2 rings (SSSR count). The lowest BCUT2D eigenvalue weighted by Crippen LogP contribution is -2.23. The van der Waals surface area contributed by atoms with Crippen molar-refractivity contribution >= 4 is 5.84 Å². The van der Waals surface area contributed by atoms with Crippen LogP contribution in [0.3, 0.4) is 0 Å². The smallest absolute Gasteiger partial charge is 0.126 e.